The molecule has 1 aromatic carbocycles. The molecule has 1 aliphatic rings. The van der Waals surface area contributed by atoms with E-state index in [-0.39, 0.29) is 17.4 Å². The number of carbonyl (C=O) groups excluding carboxylic acids is 5. The van der Waals surface area contributed by atoms with Crippen LogP contribution in [0.4, 0.5) is 0 Å². The van der Waals surface area contributed by atoms with Gasteiger partial charge in [-0.1, -0.05) is 0 Å². The largest absolute Gasteiger partial charge is 0.463 e. The minimum absolute atomic E-state index is 0.106. The Morgan fingerprint density at radius 2 is 1.53 bits per heavy atom. The van der Waals surface area contributed by atoms with Crippen LogP contribution in [-0.4, -0.2) is 72.1 Å². The van der Waals surface area contributed by atoms with Crippen molar-refractivity contribution in [1.29, 1.82) is 0 Å². The van der Waals surface area contributed by atoms with Crippen molar-refractivity contribution in [2.75, 3.05) is 6.61 Å². The highest BCUT2D eigenvalue weighted by Gasteiger charge is 2.53. The molecule has 0 aliphatic carbocycles. The van der Waals surface area contributed by atoms with E-state index in [4.69, 9.17) is 34.2 Å². The Morgan fingerprint density at radius 1 is 0.917 bits per heavy atom. The molecule has 2 aromatic rings. The summed E-state index contributed by atoms with van der Waals surface area (Å²) in [6.45, 7) is 4.17. The molecule has 0 bridgehead atoms. The predicted molar refractivity (Wildman–Crippen MR) is 121 cm³/mol. The number of ether oxygens (including phenoxy) is 6. The van der Waals surface area contributed by atoms with Crippen LogP contribution in [-0.2, 0) is 42.9 Å². The summed E-state index contributed by atoms with van der Waals surface area (Å²) in [5, 5.41) is 0.106. The highest BCUT2D eigenvalue weighted by molar-refractivity contribution is 7.20. The number of hydrogen-bond acceptors (Lipinski definition) is 13. The van der Waals surface area contributed by atoms with Gasteiger partial charge in [-0.05, 0) is 18.2 Å². The molecule has 1 aromatic heterocycles. The number of nitrogens with two attached hydrogens (primary N) is 1. The van der Waals surface area contributed by atoms with E-state index in [1.165, 1.54) is 13.0 Å². The van der Waals surface area contributed by atoms with E-state index in [0.29, 0.717) is 10.2 Å². The zero-order valence-electron chi connectivity index (χ0n) is 19.7. The lowest BCUT2D eigenvalue weighted by molar-refractivity contribution is -0.288. The van der Waals surface area contributed by atoms with Crippen LogP contribution < -0.4 is 10.5 Å². The third-order valence-electron chi connectivity index (χ3n) is 4.77. The topological polar surface area (TPSA) is 180 Å². The van der Waals surface area contributed by atoms with Crippen LogP contribution in [0.2, 0.25) is 0 Å². The van der Waals surface area contributed by atoms with E-state index < -0.39 is 60.5 Å². The number of aromatic nitrogens is 1. The van der Waals surface area contributed by atoms with Gasteiger partial charge in [-0.15, -0.1) is 11.3 Å². The molecule has 1 fully saturated rings. The van der Waals surface area contributed by atoms with Crippen molar-refractivity contribution in [2.45, 2.75) is 58.4 Å². The van der Waals surface area contributed by atoms with Crippen molar-refractivity contribution in [1.82, 2.24) is 4.98 Å². The van der Waals surface area contributed by atoms with Crippen LogP contribution in [0, 0.1) is 0 Å². The summed E-state index contributed by atoms with van der Waals surface area (Å²) in [4.78, 5) is 62.6. The molecule has 0 radical (unpaired) electrons. The second-order valence-corrected chi connectivity index (χ2v) is 8.73. The Balaban J connectivity index is 1.99. The molecule has 14 heteroatoms. The highest BCUT2D eigenvalue weighted by Crippen LogP contribution is 2.33. The molecule has 1 aliphatic heterocycles. The number of esters is 4. The van der Waals surface area contributed by atoms with E-state index in [9.17, 15) is 24.0 Å². The van der Waals surface area contributed by atoms with Crippen molar-refractivity contribution < 1.29 is 52.4 Å². The third-order valence-corrected chi connectivity index (χ3v) is 5.80. The van der Waals surface area contributed by atoms with Gasteiger partial charge in [0.1, 0.15) is 18.5 Å². The molecule has 0 saturated carbocycles. The van der Waals surface area contributed by atoms with Gasteiger partial charge in [-0.2, -0.15) is 0 Å². The fourth-order valence-electron chi connectivity index (χ4n) is 3.50. The van der Waals surface area contributed by atoms with E-state index >= 15 is 0 Å². The minimum atomic E-state index is -1.38. The summed E-state index contributed by atoms with van der Waals surface area (Å²) < 4.78 is 33.5. The van der Waals surface area contributed by atoms with Gasteiger partial charge >= 0.3 is 23.9 Å². The maximum atomic E-state index is 11.9. The smallest absolute Gasteiger partial charge is 0.303 e. The fraction of sp³-hybridized carbons (Fsp3) is 0.455. The number of nitrogens with zero attached hydrogens (tertiary/aromatic N) is 1. The first-order valence-electron chi connectivity index (χ1n) is 10.6. The molecular weight excluding hydrogens is 500 g/mol. The fourth-order valence-corrected chi connectivity index (χ4v) is 4.35. The van der Waals surface area contributed by atoms with Crippen molar-refractivity contribution >= 4 is 51.3 Å². The molecular formula is C22H24N2O11S. The quantitative estimate of drug-likeness (QED) is 0.381. The Labute approximate surface area is 208 Å². The number of amides is 1. The van der Waals surface area contributed by atoms with Crippen LogP contribution in [0.25, 0.3) is 10.2 Å². The summed E-state index contributed by atoms with van der Waals surface area (Å²) in [5.41, 5.74) is 5.80. The summed E-state index contributed by atoms with van der Waals surface area (Å²) in [6, 6.07) is 4.67. The van der Waals surface area contributed by atoms with Crippen LogP contribution >= 0.6 is 11.3 Å². The van der Waals surface area contributed by atoms with Crippen LogP contribution in [0.5, 0.6) is 5.75 Å². The van der Waals surface area contributed by atoms with E-state index in [2.05, 4.69) is 4.98 Å². The zero-order chi connectivity index (χ0) is 26.6. The second kappa shape index (κ2) is 11.3. The Hall–Kier alpha value is -3.78. The molecule has 1 saturated heterocycles. The van der Waals surface area contributed by atoms with Gasteiger partial charge in [0.25, 0.3) is 5.91 Å². The lowest BCUT2D eigenvalue weighted by Crippen LogP contribution is -2.63. The maximum absolute atomic E-state index is 11.9. The molecule has 3 unspecified atom stereocenters. The summed E-state index contributed by atoms with van der Waals surface area (Å²) in [5.74, 6) is -3.34. The third kappa shape index (κ3) is 6.66. The van der Waals surface area contributed by atoms with E-state index in [1.54, 1.807) is 12.1 Å². The predicted octanol–water partition coefficient (Wildman–Crippen LogP) is 0.857. The first kappa shape index (κ1) is 26.8. The number of carbonyl (C=O) groups is 5. The second-order valence-electron chi connectivity index (χ2n) is 7.70. The monoisotopic (exact) mass is 524 g/mol. The van der Waals surface area contributed by atoms with Gasteiger partial charge in [-0.25, -0.2) is 4.98 Å². The van der Waals surface area contributed by atoms with Crippen molar-refractivity contribution in [2.24, 2.45) is 5.73 Å². The van der Waals surface area contributed by atoms with E-state index in [0.717, 1.165) is 32.1 Å². The maximum Gasteiger partial charge on any atom is 0.303 e. The lowest BCUT2D eigenvalue weighted by Gasteiger charge is -2.43. The van der Waals surface area contributed by atoms with Crippen LogP contribution in [0.15, 0.2) is 18.2 Å². The first-order chi connectivity index (χ1) is 16.9. The Bertz CT molecular complexity index is 1180. The summed E-state index contributed by atoms with van der Waals surface area (Å²) in [7, 11) is 0. The molecule has 2 heterocycles. The van der Waals surface area contributed by atoms with Gasteiger partial charge in [0.2, 0.25) is 12.4 Å². The molecule has 36 heavy (non-hydrogen) atoms. The number of rotatable bonds is 8. The van der Waals surface area contributed by atoms with Crippen molar-refractivity contribution in [3.63, 3.8) is 0 Å². The molecule has 194 valence electrons. The molecule has 3 rings (SSSR count). The number of thiazole rings is 1. The normalized spacial score (nSPS) is 23.4. The SMILES string of the molecule is CC(=O)OCC1O[C@@H](Oc2ccc3nc(C(N)=O)sc3c2)C(OC(C)=O)C(OC(C)=O)[C@H]1OC(C)=O. The van der Waals surface area contributed by atoms with Crippen LogP contribution in [0.3, 0.4) is 0 Å². The van der Waals surface area contributed by atoms with Gasteiger partial charge < -0.3 is 34.2 Å². The Kier molecular flexibility index (Phi) is 8.42. The molecule has 13 nitrogen and oxygen atoms in total. The van der Waals surface area contributed by atoms with Crippen molar-refractivity contribution in [3.8, 4) is 5.75 Å². The number of hydrogen-bond donors (Lipinski definition) is 1. The average Bonchev–Trinajstić information content (AvgIpc) is 3.19. The number of benzene rings is 1. The number of primary amides is 1. The van der Waals surface area contributed by atoms with Gasteiger partial charge in [0.05, 0.1) is 10.2 Å². The standard InChI is InChI=1S/C22H24N2O11S/c1-9(25)30-8-15-17(31-10(2)26)18(32-11(3)27)19(33-12(4)28)22(35-15)34-13-5-6-14-16(7-13)36-21(24-14)20(23)29/h5-7,15,17-19,22H,8H2,1-4H3,(H2,23,29)/t15?,17-,18?,19?,22+/m0/s1. The summed E-state index contributed by atoms with van der Waals surface area (Å²) >= 11 is 1.04. The van der Waals surface area contributed by atoms with E-state index in [1.807, 2.05) is 0 Å². The first-order valence-corrected chi connectivity index (χ1v) is 11.4. The minimum Gasteiger partial charge on any atom is -0.463 e. The van der Waals surface area contributed by atoms with Crippen molar-refractivity contribution in [3.05, 3.63) is 23.2 Å². The van der Waals surface area contributed by atoms with Gasteiger partial charge in [0.15, 0.2) is 17.2 Å². The zero-order valence-corrected chi connectivity index (χ0v) is 20.6. The number of fused-ring (bicyclic) bond motifs is 1. The van der Waals surface area contributed by atoms with Gasteiger partial charge in [0, 0.05) is 27.7 Å². The molecule has 0 spiro atoms. The summed E-state index contributed by atoms with van der Waals surface area (Å²) in [6.07, 6.45) is -6.55. The highest BCUT2D eigenvalue weighted by atomic mass is 32.1. The lowest BCUT2D eigenvalue weighted by atomic mass is 9.98. The molecule has 2 N–H and O–H groups in total. The molecule has 5 atom stereocenters. The molecule has 1 amide bonds. The average molecular weight is 525 g/mol. The van der Waals surface area contributed by atoms with Gasteiger partial charge in [-0.3, -0.25) is 24.0 Å². The Morgan fingerprint density at radius 3 is 2.11 bits per heavy atom. The van der Waals surface area contributed by atoms with Crippen LogP contribution in [0.1, 0.15) is 37.5 Å².